The number of carbonyl (C=O) groups excluding carboxylic acids is 1. The zero-order chi connectivity index (χ0) is 22.9. The number of carbonyl (C=O) groups is 1. The highest BCUT2D eigenvalue weighted by Gasteiger charge is 2.50. The van der Waals surface area contributed by atoms with Gasteiger partial charge in [0, 0.05) is 12.2 Å². The number of benzene rings is 2. The van der Waals surface area contributed by atoms with Crippen LogP contribution in [0, 0.1) is 5.92 Å². The molecule has 0 amide bonds. The molecule has 0 aliphatic rings. The van der Waals surface area contributed by atoms with E-state index in [0.717, 1.165) is 12.0 Å². The van der Waals surface area contributed by atoms with Gasteiger partial charge in [-0.25, -0.2) is 4.79 Å². The molecule has 0 saturated carbocycles. The molecule has 0 bridgehead atoms. The summed E-state index contributed by atoms with van der Waals surface area (Å²) in [5.74, 6) is -0.0603. The van der Waals surface area contributed by atoms with E-state index in [9.17, 15) is 4.79 Å². The SMILES string of the molecule is CCOC(=O)/C(=C/C(CC)CO[Si](c1ccccc1)(c1ccccc1)C(C)(C)C)CC. The molecule has 0 aliphatic heterocycles. The molecule has 0 aromatic heterocycles. The maximum absolute atomic E-state index is 12.3. The van der Waals surface area contributed by atoms with Gasteiger partial charge in [0.1, 0.15) is 0 Å². The number of hydrogen-bond acceptors (Lipinski definition) is 3. The summed E-state index contributed by atoms with van der Waals surface area (Å²) in [6.07, 6.45) is 3.63. The molecule has 0 heterocycles. The first kappa shape index (κ1) is 25.1. The van der Waals surface area contributed by atoms with Crippen LogP contribution in [0.2, 0.25) is 5.04 Å². The molecule has 31 heavy (non-hydrogen) atoms. The zero-order valence-corrected chi connectivity index (χ0v) is 21.0. The third-order valence-corrected chi connectivity index (χ3v) is 10.8. The maximum Gasteiger partial charge on any atom is 0.333 e. The largest absolute Gasteiger partial charge is 0.463 e. The lowest BCUT2D eigenvalue weighted by Gasteiger charge is -2.43. The van der Waals surface area contributed by atoms with E-state index < -0.39 is 8.32 Å². The predicted octanol–water partition coefficient (Wildman–Crippen LogP) is 5.49. The summed E-state index contributed by atoms with van der Waals surface area (Å²) in [5, 5.41) is 2.48. The molecular formula is C27H38O3Si. The molecule has 2 aromatic carbocycles. The Labute approximate surface area is 189 Å². The van der Waals surface area contributed by atoms with Gasteiger partial charge in [-0.05, 0) is 41.1 Å². The van der Waals surface area contributed by atoms with Gasteiger partial charge in [-0.3, -0.25) is 0 Å². The van der Waals surface area contributed by atoms with Gasteiger partial charge in [0.15, 0.2) is 0 Å². The summed E-state index contributed by atoms with van der Waals surface area (Å²) >= 11 is 0. The van der Waals surface area contributed by atoms with E-state index in [-0.39, 0.29) is 16.9 Å². The van der Waals surface area contributed by atoms with E-state index in [1.54, 1.807) is 0 Å². The first-order chi connectivity index (χ1) is 14.8. The summed E-state index contributed by atoms with van der Waals surface area (Å²) in [4.78, 5) is 12.3. The van der Waals surface area contributed by atoms with E-state index in [1.807, 2.05) is 13.8 Å². The normalized spacial score (nSPS) is 13.7. The Morgan fingerprint density at radius 3 is 1.84 bits per heavy atom. The molecule has 1 unspecified atom stereocenters. The van der Waals surface area contributed by atoms with Crippen molar-refractivity contribution in [2.24, 2.45) is 5.92 Å². The molecular weight excluding hydrogens is 400 g/mol. The molecule has 2 aromatic rings. The minimum Gasteiger partial charge on any atom is -0.463 e. The Morgan fingerprint density at radius 2 is 1.45 bits per heavy atom. The van der Waals surface area contributed by atoms with Crippen LogP contribution in [-0.2, 0) is 14.0 Å². The fourth-order valence-electron chi connectivity index (χ4n) is 4.12. The average Bonchev–Trinajstić information content (AvgIpc) is 2.77. The predicted molar refractivity (Wildman–Crippen MR) is 132 cm³/mol. The van der Waals surface area contributed by atoms with Gasteiger partial charge in [-0.1, -0.05) is 101 Å². The molecule has 0 fully saturated rings. The highest BCUT2D eigenvalue weighted by atomic mass is 28.4. The summed E-state index contributed by atoms with van der Waals surface area (Å²) in [7, 11) is -2.58. The van der Waals surface area contributed by atoms with Gasteiger partial charge in [0.25, 0.3) is 8.32 Å². The van der Waals surface area contributed by atoms with Crippen LogP contribution in [0.1, 0.15) is 54.4 Å². The van der Waals surface area contributed by atoms with Crippen molar-refractivity contribution < 1.29 is 14.0 Å². The monoisotopic (exact) mass is 438 g/mol. The second kappa shape index (κ2) is 11.4. The fourth-order valence-corrected chi connectivity index (χ4v) is 8.74. The van der Waals surface area contributed by atoms with E-state index >= 15 is 0 Å². The van der Waals surface area contributed by atoms with Crippen molar-refractivity contribution in [2.75, 3.05) is 13.2 Å². The Bertz CT molecular complexity index is 798. The summed E-state index contributed by atoms with van der Waals surface area (Å²) < 4.78 is 12.3. The molecule has 0 radical (unpaired) electrons. The molecule has 0 aliphatic carbocycles. The topological polar surface area (TPSA) is 35.5 Å². The van der Waals surface area contributed by atoms with Gasteiger partial charge in [-0.2, -0.15) is 0 Å². The van der Waals surface area contributed by atoms with Crippen molar-refractivity contribution in [1.29, 1.82) is 0 Å². The first-order valence-corrected chi connectivity index (χ1v) is 13.3. The standard InChI is InChI=1S/C27H38O3Si/c1-7-22(20-23(8-2)26(28)29-9-3)21-30-31(27(4,5)6,24-16-12-10-13-17-24)25-18-14-11-15-19-25/h10-20,22H,7-9,21H2,1-6H3/b23-20+. The lowest BCUT2D eigenvalue weighted by atomic mass is 10.0. The van der Waals surface area contributed by atoms with Crippen molar-refractivity contribution in [3.63, 3.8) is 0 Å². The smallest absolute Gasteiger partial charge is 0.333 e. The van der Waals surface area contributed by atoms with E-state index in [2.05, 4.69) is 94.4 Å². The van der Waals surface area contributed by atoms with Crippen LogP contribution >= 0.6 is 0 Å². The second-order valence-corrected chi connectivity index (χ2v) is 13.2. The van der Waals surface area contributed by atoms with Crippen molar-refractivity contribution in [2.45, 2.75) is 59.4 Å². The van der Waals surface area contributed by atoms with Gasteiger partial charge in [-0.15, -0.1) is 0 Å². The number of hydrogen-bond donors (Lipinski definition) is 0. The van der Waals surface area contributed by atoms with Crippen LogP contribution in [0.15, 0.2) is 72.3 Å². The molecule has 0 N–H and O–H groups in total. The molecule has 2 rings (SSSR count). The highest BCUT2D eigenvalue weighted by Crippen LogP contribution is 2.37. The Hall–Kier alpha value is -2.17. The zero-order valence-electron chi connectivity index (χ0n) is 20.0. The summed E-state index contributed by atoms with van der Waals surface area (Å²) in [6.45, 7) is 13.8. The Balaban J connectivity index is 2.47. The average molecular weight is 439 g/mol. The Morgan fingerprint density at radius 1 is 0.935 bits per heavy atom. The molecule has 1 atom stereocenters. The van der Waals surface area contributed by atoms with Crippen LogP contribution in [0.25, 0.3) is 0 Å². The molecule has 0 spiro atoms. The first-order valence-electron chi connectivity index (χ1n) is 11.4. The van der Waals surface area contributed by atoms with Crippen molar-refractivity contribution in [3.8, 4) is 0 Å². The van der Waals surface area contributed by atoms with Gasteiger partial charge in [0.05, 0.1) is 6.61 Å². The van der Waals surface area contributed by atoms with Crippen LogP contribution in [0.3, 0.4) is 0 Å². The van der Waals surface area contributed by atoms with Crippen LogP contribution in [0.5, 0.6) is 0 Å². The molecule has 3 nitrogen and oxygen atoms in total. The quantitative estimate of drug-likeness (QED) is 0.280. The van der Waals surface area contributed by atoms with Crippen molar-refractivity contribution >= 4 is 24.7 Å². The second-order valence-electron chi connectivity index (χ2n) is 8.91. The van der Waals surface area contributed by atoms with Crippen LogP contribution < -0.4 is 10.4 Å². The lowest BCUT2D eigenvalue weighted by molar-refractivity contribution is -0.138. The fraction of sp³-hybridized carbons (Fsp3) is 0.444. The number of rotatable bonds is 10. The third kappa shape index (κ3) is 5.96. The molecule has 0 saturated heterocycles. The van der Waals surface area contributed by atoms with Gasteiger partial charge in [0.2, 0.25) is 0 Å². The molecule has 4 heteroatoms. The van der Waals surface area contributed by atoms with Crippen molar-refractivity contribution in [3.05, 3.63) is 72.3 Å². The summed E-state index contributed by atoms with van der Waals surface area (Å²) in [6, 6.07) is 21.3. The van der Waals surface area contributed by atoms with Crippen molar-refractivity contribution in [1.82, 2.24) is 0 Å². The van der Waals surface area contributed by atoms with Crippen LogP contribution in [-0.4, -0.2) is 27.5 Å². The lowest BCUT2D eigenvalue weighted by Crippen LogP contribution is -2.66. The van der Waals surface area contributed by atoms with E-state index in [4.69, 9.17) is 9.16 Å². The summed E-state index contributed by atoms with van der Waals surface area (Å²) in [5.41, 5.74) is 0.736. The number of esters is 1. The third-order valence-electron chi connectivity index (χ3n) is 5.81. The van der Waals surface area contributed by atoms with Gasteiger partial charge < -0.3 is 9.16 Å². The van der Waals surface area contributed by atoms with Gasteiger partial charge >= 0.3 is 5.97 Å². The Kier molecular flexibility index (Phi) is 9.26. The van der Waals surface area contributed by atoms with Crippen LogP contribution in [0.4, 0.5) is 0 Å². The maximum atomic E-state index is 12.3. The van der Waals surface area contributed by atoms with E-state index in [0.29, 0.717) is 19.6 Å². The number of ether oxygens (including phenoxy) is 1. The van der Waals surface area contributed by atoms with E-state index in [1.165, 1.54) is 10.4 Å². The minimum absolute atomic E-state index is 0.0631. The molecule has 168 valence electrons. The highest BCUT2D eigenvalue weighted by molar-refractivity contribution is 6.99. The minimum atomic E-state index is -2.58.